The average molecular weight is 444 g/mol. The molecule has 0 aliphatic rings. The number of aryl methyl sites for hydroxylation is 1. The summed E-state index contributed by atoms with van der Waals surface area (Å²) in [7, 11) is 0. The standard InChI is InChI=1S/C25H24N4O4/c1-18-6-5-7-20(14-18)25(32)26-16-23(30)29-27-15-19-10-12-22(13-11-19)33-17-24(31)28-21-8-3-2-4-9-21/h2-15H,16-17H2,1H3,(H,26,32)(H,28,31)(H,29,30)/b27-15-. The van der Waals surface area contributed by atoms with Crippen LogP contribution in [0.3, 0.4) is 0 Å². The number of carbonyl (C=O) groups is 3. The summed E-state index contributed by atoms with van der Waals surface area (Å²) in [5.41, 5.74) is 5.24. The first-order valence-electron chi connectivity index (χ1n) is 10.2. The molecule has 0 spiro atoms. The molecule has 0 saturated carbocycles. The fourth-order valence-corrected chi connectivity index (χ4v) is 2.78. The molecule has 8 nitrogen and oxygen atoms in total. The van der Waals surface area contributed by atoms with Crippen molar-refractivity contribution in [3.8, 4) is 5.75 Å². The number of carbonyl (C=O) groups excluding carboxylic acids is 3. The lowest BCUT2D eigenvalue weighted by atomic mass is 10.1. The van der Waals surface area contributed by atoms with Crippen LogP contribution in [0.25, 0.3) is 0 Å². The van der Waals surface area contributed by atoms with Gasteiger partial charge in [-0.25, -0.2) is 5.43 Å². The van der Waals surface area contributed by atoms with Gasteiger partial charge in [-0.05, 0) is 61.0 Å². The lowest BCUT2D eigenvalue weighted by Crippen LogP contribution is -2.34. The molecule has 0 saturated heterocycles. The highest BCUT2D eigenvalue weighted by Crippen LogP contribution is 2.11. The smallest absolute Gasteiger partial charge is 0.262 e. The molecule has 3 aromatic rings. The zero-order valence-corrected chi connectivity index (χ0v) is 18.1. The molecule has 3 amide bonds. The second-order valence-electron chi connectivity index (χ2n) is 7.12. The van der Waals surface area contributed by atoms with Crippen LogP contribution in [0.4, 0.5) is 5.69 Å². The molecule has 3 N–H and O–H groups in total. The molecule has 0 radical (unpaired) electrons. The van der Waals surface area contributed by atoms with E-state index in [0.29, 0.717) is 17.0 Å². The van der Waals surface area contributed by atoms with Crippen LogP contribution in [0.5, 0.6) is 5.75 Å². The monoisotopic (exact) mass is 444 g/mol. The fraction of sp³-hybridized carbons (Fsp3) is 0.120. The van der Waals surface area contributed by atoms with Gasteiger partial charge in [0.05, 0.1) is 12.8 Å². The third-order valence-corrected chi connectivity index (χ3v) is 4.40. The molecular formula is C25H24N4O4. The first-order chi connectivity index (χ1) is 16.0. The van der Waals surface area contributed by atoms with Gasteiger partial charge in [0, 0.05) is 11.3 Å². The number of benzene rings is 3. The Morgan fingerprint density at radius 2 is 1.67 bits per heavy atom. The molecule has 33 heavy (non-hydrogen) atoms. The Labute approximate surface area is 191 Å². The summed E-state index contributed by atoms with van der Waals surface area (Å²) >= 11 is 0. The maximum atomic E-state index is 12.0. The van der Waals surface area contributed by atoms with Crippen molar-refractivity contribution in [3.63, 3.8) is 0 Å². The Bertz CT molecular complexity index is 1130. The Balaban J connectivity index is 1.38. The van der Waals surface area contributed by atoms with Crippen LogP contribution in [-0.2, 0) is 9.59 Å². The van der Waals surface area contributed by atoms with Crippen molar-refractivity contribution in [2.75, 3.05) is 18.5 Å². The fourth-order valence-electron chi connectivity index (χ4n) is 2.78. The van der Waals surface area contributed by atoms with Crippen molar-refractivity contribution < 1.29 is 19.1 Å². The number of para-hydroxylation sites is 1. The van der Waals surface area contributed by atoms with Gasteiger partial charge in [0.15, 0.2) is 6.61 Å². The van der Waals surface area contributed by atoms with Gasteiger partial charge < -0.3 is 15.4 Å². The van der Waals surface area contributed by atoms with E-state index in [0.717, 1.165) is 11.1 Å². The summed E-state index contributed by atoms with van der Waals surface area (Å²) in [6.07, 6.45) is 1.46. The van der Waals surface area contributed by atoms with Crippen LogP contribution in [0, 0.1) is 6.92 Å². The number of hydrogen-bond acceptors (Lipinski definition) is 5. The van der Waals surface area contributed by atoms with E-state index in [2.05, 4.69) is 21.2 Å². The molecule has 0 unspecified atom stereocenters. The zero-order valence-electron chi connectivity index (χ0n) is 18.1. The SMILES string of the molecule is Cc1cccc(C(=O)NCC(=O)N/N=C\c2ccc(OCC(=O)Nc3ccccc3)cc2)c1. The predicted molar refractivity (Wildman–Crippen MR) is 126 cm³/mol. The van der Waals surface area contributed by atoms with Crippen LogP contribution < -0.4 is 20.8 Å². The summed E-state index contributed by atoms with van der Waals surface area (Å²) < 4.78 is 5.47. The van der Waals surface area contributed by atoms with Gasteiger partial charge in [-0.2, -0.15) is 5.10 Å². The minimum atomic E-state index is -0.448. The van der Waals surface area contributed by atoms with E-state index in [1.165, 1.54) is 6.21 Å². The molecule has 3 aromatic carbocycles. The number of nitrogens with zero attached hydrogens (tertiary/aromatic N) is 1. The largest absolute Gasteiger partial charge is 0.484 e. The lowest BCUT2D eigenvalue weighted by molar-refractivity contribution is -0.120. The van der Waals surface area contributed by atoms with Gasteiger partial charge in [0.2, 0.25) is 0 Å². The van der Waals surface area contributed by atoms with Gasteiger partial charge in [0.25, 0.3) is 17.7 Å². The highest BCUT2D eigenvalue weighted by Gasteiger charge is 2.07. The predicted octanol–water partition coefficient (Wildman–Crippen LogP) is 2.89. The number of hydrazone groups is 1. The van der Waals surface area contributed by atoms with Gasteiger partial charge in [-0.15, -0.1) is 0 Å². The maximum absolute atomic E-state index is 12.0. The quantitative estimate of drug-likeness (QED) is 0.348. The van der Waals surface area contributed by atoms with Crippen molar-refractivity contribution in [2.24, 2.45) is 5.10 Å². The van der Waals surface area contributed by atoms with Crippen molar-refractivity contribution in [1.29, 1.82) is 0 Å². The van der Waals surface area contributed by atoms with Crippen molar-refractivity contribution in [1.82, 2.24) is 10.7 Å². The van der Waals surface area contributed by atoms with Crippen LogP contribution in [0.15, 0.2) is 84.0 Å². The first kappa shape index (κ1) is 23.2. The summed E-state index contributed by atoms with van der Waals surface area (Å²) in [6, 6.07) is 23.1. The molecule has 0 heterocycles. The van der Waals surface area contributed by atoms with Gasteiger partial charge in [0.1, 0.15) is 5.75 Å². The minimum Gasteiger partial charge on any atom is -0.484 e. The number of hydrogen-bond donors (Lipinski definition) is 3. The summed E-state index contributed by atoms with van der Waals surface area (Å²) in [5.74, 6) is -0.509. The summed E-state index contributed by atoms with van der Waals surface area (Å²) in [5, 5.41) is 9.16. The Hall–Kier alpha value is -4.46. The van der Waals surface area contributed by atoms with Crippen LogP contribution in [0.2, 0.25) is 0 Å². The molecule has 0 bridgehead atoms. The van der Waals surface area contributed by atoms with E-state index in [1.54, 1.807) is 54.6 Å². The molecule has 0 fully saturated rings. The van der Waals surface area contributed by atoms with Gasteiger partial charge >= 0.3 is 0 Å². The van der Waals surface area contributed by atoms with Crippen LogP contribution in [0.1, 0.15) is 21.5 Å². The Kier molecular flexibility index (Phi) is 8.30. The first-order valence-corrected chi connectivity index (χ1v) is 10.2. The van der Waals surface area contributed by atoms with Crippen molar-refractivity contribution in [3.05, 3.63) is 95.6 Å². The molecule has 0 aliphatic carbocycles. The topological polar surface area (TPSA) is 109 Å². The molecule has 3 rings (SSSR count). The maximum Gasteiger partial charge on any atom is 0.262 e. The van der Waals surface area contributed by atoms with E-state index in [9.17, 15) is 14.4 Å². The Morgan fingerprint density at radius 1 is 0.909 bits per heavy atom. The second kappa shape index (κ2) is 11.8. The molecular weight excluding hydrogens is 420 g/mol. The van der Waals surface area contributed by atoms with Crippen LogP contribution >= 0.6 is 0 Å². The normalized spacial score (nSPS) is 10.5. The molecule has 0 aromatic heterocycles. The summed E-state index contributed by atoms with van der Waals surface area (Å²) in [4.78, 5) is 35.8. The number of ether oxygens (including phenoxy) is 1. The average Bonchev–Trinajstić information content (AvgIpc) is 2.82. The van der Waals surface area contributed by atoms with E-state index >= 15 is 0 Å². The van der Waals surface area contributed by atoms with E-state index in [1.807, 2.05) is 31.2 Å². The van der Waals surface area contributed by atoms with Gasteiger partial charge in [-0.1, -0.05) is 35.9 Å². The van der Waals surface area contributed by atoms with E-state index in [-0.39, 0.29) is 25.0 Å². The molecule has 0 aliphatic heterocycles. The molecule has 0 atom stereocenters. The van der Waals surface area contributed by atoms with Crippen LogP contribution in [-0.4, -0.2) is 37.1 Å². The lowest BCUT2D eigenvalue weighted by Gasteiger charge is -2.07. The zero-order chi connectivity index (χ0) is 23.5. The van der Waals surface area contributed by atoms with Crippen molar-refractivity contribution >= 4 is 29.6 Å². The second-order valence-corrected chi connectivity index (χ2v) is 7.12. The number of rotatable bonds is 9. The van der Waals surface area contributed by atoms with E-state index in [4.69, 9.17) is 4.74 Å². The third-order valence-electron chi connectivity index (χ3n) is 4.40. The van der Waals surface area contributed by atoms with Crippen molar-refractivity contribution in [2.45, 2.75) is 6.92 Å². The highest BCUT2D eigenvalue weighted by molar-refractivity contribution is 5.96. The van der Waals surface area contributed by atoms with Gasteiger partial charge in [-0.3, -0.25) is 14.4 Å². The Morgan fingerprint density at radius 3 is 2.39 bits per heavy atom. The number of anilines is 1. The molecule has 8 heteroatoms. The highest BCUT2D eigenvalue weighted by atomic mass is 16.5. The number of amides is 3. The minimum absolute atomic E-state index is 0.118. The van der Waals surface area contributed by atoms with E-state index < -0.39 is 5.91 Å². The molecule has 168 valence electrons. The summed E-state index contributed by atoms with van der Waals surface area (Å²) in [6.45, 7) is 1.58. The third kappa shape index (κ3) is 7.95. The number of nitrogens with one attached hydrogen (secondary N) is 3.